The van der Waals surface area contributed by atoms with Gasteiger partial charge in [0.1, 0.15) is 5.75 Å². The molecule has 0 heterocycles. The molecule has 0 aliphatic rings. The quantitative estimate of drug-likeness (QED) is 0.505. The fraction of sp³-hybridized carbons (Fsp3) is 0.333. The first-order valence-corrected chi connectivity index (χ1v) is 4.42. The van der Waals surface area contributed by atoms with Gasteiger partial charge in [-0.05, 0) is 26.0 Å². The van der Waals surface area contributed by atoms with Gasteiger partial charge in [0.15, 0.2) is 0 Å². The Kier molecular flexibility index (Phi) is 3.92. The van der Waals surface area contributed by atoms with Gasteiger partial charge in [0.05, 0.1) is 6.61 Å². The van der Waals surface area contributed by atoms with Crippen LogP contribution in [0.25, 0.3) is 0 Å². The summed E-state index contributed by atoms with van der Waals surface area (Å²) in [5, 5.41) is 0. The van der Waals surface area contributed by atoms with Crippen molar-refractivity contribution < 1.29 is 4.74 Å². The van der Waals surface area contributed by atoms with Crippen molar-refractivity contribution in [1.82, 2.24) is 0 Å². The molecule has 0 saturated heterocycles. The molecule has 68 valence electrons. The third kappa shape index (κ3) is 3.66. The van der Waals surface area contributed by atoms with Crippen LogP contribution in [0.3, 0.4) is 0 Å². The minimum absolute atomic E-state index is 0.671. The molecule has 1 rings (SSSR count). The van der Waals surface area contributed by atoms with Crippen molar-refractivity contribution in [3.8, 4) is 17.6 Å². The molecule has 0 amide bonds. The molecule has 0 fully saturated rings. The number of aryl methyl sites for hydroxylation is 1. The molecular formula is C12H14O. The number of hydrogen-bond acceptors (Lipinski definition) is 1. The second-order valence-corrected chi connectivity index (χ2v) is 2.84. The second-order valence-electron chi connectivity index (χ2n) is 2.84. The first-order chi connectivity index (χ1) is 6.33. The first kappa shape index (κ1) is 9.67. The van der Waals surface area contributed by atoms with E-state index >= 15 is 0 Å². The lowest BCUT2D eigenvalue weighted by molar-refractivity contribution is 0.327. The standard InChI is InChI=1S/C12H14O/c1-3-4-5-10-13-12-8-6-11(2)7-9-12/h6-9H,5,10H2,1-2H3. The maximum Gasteiger partial charge on any atom is 0.119 e. The molecule has 0 aliphatic heterocycles. The first-order valence-electron chi connectivity index (χ1n) is 4.42. The average molecular weight is 174 g/mol. The lowest BCUT2D eigenvalue weighted by atomic mass is 10.2. The monoisotopic (exact) mass is 174 g/mol. The molecule has 0 aliphatic carbocycles. The number of hydrogen-bond donors (Lipinski definition) is 0. The minimum atomic E-state index is 0.671. The lowest BCUT2D eigenvalue weighted by Gasteiger charge is -2.03. The molecule has 0 saturated carbocycles. The molecular weight excluding hydrogens is 160 g/mol. The van der Waals surface area contributed by atoms with E-state index in [-0.39, 0.29) is 0 Å². The van der Waals surface area contributed by atoms with Crippen LogP contribution in [0.1, 0.15) is 18.9 Å². The third-order valence-corrected chi connectivity index (χ3v) is 1.69. The third-order valence-electron chi connectivity index (χ3n) is 1.69. The van der Waals surface area contributed by atoms with Crippen molar-refractivity contribution in [2.24, 2.45) is 0 Å². The Morgan fingerprint density at radius 3 is 2.54 bits per heavy atom. The summed E-state index contributed by atoms with van der Waals surface area (Å²) in [5.74, 6) is 6.71. The normalized spacial score (nSPS) is 8.77. The summed E-state index contributed by atoms with van der Waals surface area (Å²) in [6, 6.07) is 8.05. The molecule has 0 atom stereocenters. The van der Waals surface area contributed by atoms with Crippen LogP contribution in [-0.2, 0) is 0 Å². The minimum Gasteiger partial charge on any atom is -0.493 e. The summed E-state index contributed by atoms with van der Waals surface area (Å²) in [7, 11) is 0. The number of rotatable bonds is 3. The van der Waals surface area contributed by atoms with Gasteiger partial charge in [-0.2, -0.15) is 0 Å². The van der Waals surface area contributed by atoms with E-state index in [0.717, 1.165) is 12.2 Å². The summed E-state index contributed by atoms with van der Waals surface area (Å²) in [6.45, 7) is 4.57. The highest BCUT2D eigenvalue weighted by molar-refractivity contribution is 5.26. The topological polar surface area (TPSA) is 9.23 Å². The van der Waals surface area contributed by atoms with Crippen molar-refractivity contribution in [3.05, 3.63) is 29.8 Å². The molecule has 1 nitrogen and oxygen atoms in total. The van der Waals surface area contributed by atoms with Crippen molar-refractivity contribution in [2.75, 3.05) is 6.61 Å². The summed E-state index contributed by atoms with van der Waals surface area (Å²) in [4.78, 5) is 0. The van der Waals surface area contributed by atoms with Crippen LogP contribution in [0.2, 0.25) is 0 Å². The molecule has 0 bridgehead atoms. The zero-order valence-electron chi connectivity index (χ0n) is 8.13. The Balaban J connectivity index is 2.36. The highest BCUT2D eigenvalue weighted by Gasteiger charge is 1.90. The highest BCUT2D eigenvalue weighted by Crippen LogP contribution is 2.11. The van der Waals surface area contributed by atoms with E-state index in [4.69, 9.17) is 4.74 Å². The molecule has 0 unspecified atom stereocenters. The molecule has 0 radical (unpaired) electrons. The Morgan fingerprint density at radius 1 is 1.23 bits per heavy atom. The van der Waals surface area contributed by atoms with E-state index in [2.05, 4.69) is 18.8 Å². The largest absolute Gasteiger partial charge is 0.493 e. The second kappa shape index (κ2) is 5.27. The van der Waals surface area contributed by atoms with Crippen LogP contribution in [0.5, 0.6) is 5.75 Å². The van der Waals surface area contributed by atoms with Crippen LogP contribution in [0, 0.1) is 18.8 Å². The predicted octanol–water partition coefficient (Wildman–Crippen LogP) is 2.79. The summed E-state index contributed by atoms with van der Waals surface area (Å²) in [6.07, 6.45) is 0.796. The van der Waals surface area contributed by atoms with Crippen molar-refractivity contribution >= 4 is 0 Å². The van der Waals surface area contributed by atoms with Gasteiger partial charge in [-0.1, -0.05) is 17.7 Å². The number of benzene rings is 1. The van der Waals surface area contributed by atoms with E-state index in [9.17, 15) is 0 Å². The van der Waals surface area contributed by atoms with Crippen LogP contribution in [-0.4, -0.2) is 6.61 Å². The van der Waals surface area contributed by atoms with Crippen molar-refractivity contribution in [3.63, 3.8) is 0 Å². The molecule has 0 spiro atoms. The van der Waals surface area contributed by atoms with E-state index in [0.29, 0.717) is 6.61 Å². The SMILES string of the molecule is CC#CCCOc1ccc(C)cc1. The van der Waals surface area contributed by atoms with Gasteiger partial charge in [0.25, 0.3) is 0 Å². The van der Waals surface area contributed by atoms with Crippen LogP contribution >= 0.6 is 0 Å². The van der Waals surface area contributed by atoms with Gasteiger partial charge >= 0.3 is 0 Å². The van der Waals surface area contributed by atoms with Gasteiger partial charge in [-0.15, -0.1) is 11.8 Å². The van der Waals surface area contributed by atoms with Crippen molar-refractivity contribution in [2.45, 2.75) is 20.3 Å². The molecule has 13 heavy (non-hydrogen) atoms. The fourth-order valence-corrected chi connectivity index (χ4v) is 0.979. The van der Waals surface area contributed by atoms with Gasteiger partial charge in [0.2, 0.25) is 0 Å². The molecule has 1 aromatic rings. The molecule has 1 heteroatoms. The van der Waals surface area contributed by atoms with Crippen LogP contribution < -0.4 is 4.74 Å². The summed E-state index contributed by atoms with van der Waals surface area (Å²) >= 11 is 0. The Bertz CT molecular complexity index is 300. The zero-order chi connectivity index (χ0) is 9.52. The van der Waals surface area contributed by atoms with E-state index in [1.54, 1.807) is 0 Å². The smallest absolute Gasteiger partial charge is 0.119 e. The average Bonchev–Trinajstić information content (AvgIpc) is 2.15. The van der Waals surface area contributed by atoms with E-state index < -0.39 is 0 Å². The van der Waals surface area contributed by atoms with Gasteiger partial charge in [0, 0.05) is 6.42 Å². The van der Waals surface area contributed by atoms with E-state index in [1.165, 1.54) is 5.56 Å². The predicted molar refractivity (Wildman–Crippen MR) is 54.7 cm³/mol. The maximum absolute atomic E-state index is 5.46. The summed E-state index contributed by atoms with van der Waals surface area (Å²) in [5.41, 5.74) is 1.25. The maximum atomic E-state index is 5.46. The molecule has 1 aromatic carbocycles. The van der Waals surface area contributed by atoms with Crippen molar-refractivity contribution in [1.29, 1.82) is 0 Å². The van der Waals surface area contributed by atoms with Gasteiger partial charge in [-0.3, -0.25) is 0 Å². The zero-order valence-corrected chi connectivity index (χ0v) is 8.13. The Morgan fingerprint density at radius 2 is 1.92 bits per heavy atom. The van der Waals surface area contributed by atoms with Crippen LogP contribution in [0.15, 0.2) is 24.3 Å². The fourth-order valence-electron chi connectivity index (χ4n) is 0.979. The van der Waals surface area contributed by atoms with Crippen LogP contribution in [0.4, 0.5) is 0 Å². The van der Waals surface area contributed by atoms with Gasteiger partial charge < -0.3 is 4.74 Å². The molecule has 0 aromatic heterocycles. The Hall–Kier alpha value is -1.42. The van der Waals surface area contributed by atoms with Gasteiger partial charge in [-0.25, -0.2) is 0 Å². The number of ether oxygens (including phenoxy) is 1. The Labute approximate surface area is 79.7 Å². The lowest BCUT2D eigenvalue weighted by Crippen LogP contribution is -1.95. The molecule has 0 N–H and O–H groups in total. The highest BCUT2D eigenvalue weighted by atomic mass is 16.5. The summed E-state index contributed by atoms with van der Waals surface area (Å²) < 4.78 is 5.46. The van der Waals surface area contributed by atoms with E-state index in [1.807, 2.05) is 31.2 Å².